The highest BCUT2D eigenvalue weighted by molar-refractivity contribution is 9.10. The molecule has 0 spiro atoms. The maximum Gasteiger partial charge on any atom is 0.262 e. The molecular weight excluding hydrogens is 424 g/mol. The molecule has 1 heterocycles. The van der Waals surface area contributed by atoms with Gasteiger partial charge in [-0.1, -0.05) is 0 Å². The van der Waals surface area contributed by atoms with Gasteiger partial charge in [0.15, 0.2) is 0 Å². The van der Waals surface area contributed by atoms with Gasteiger partial charge in [0.1, 0.15) is 0 Å². The number of nitrogens with zero attached hydrogens (tertiary/aromatic N) is 2. The van der Waals surface area contributed by atoms with Crippen molar-refractivity contribution in [2.75, 3.05) is 11.9 Å². The first-order valence-corrected chi connectivity index (χ1v) is 10.5. The lowest BCUT2D eigenvalue weighted by Crippen LogP contribution is -2.34. The van der Waals surface area contributed by atoms with Gasteiger partial charge in [-0.3, -0.25) is 9.36 Å². The van der Waals surface area contributed by atoms with Crippen LogP contribution in [0.15, 0.2) is 26.3 Å². The molecule has 26 heavy (non-hydrogen) atoms. The zero-order valence-electron chi connectivity index (χ0n) is 14.7. The molecule has 0 aliphatic heterocycles. The zero-order chi connectivity index (χ0) is 19.3. The van der Waals surface area contributed by atoms with E-state index < -0.39 is 21.7 Å². The van der Waals surface area contributed by atoms with Gasteiger partial charge >= 0.3 is 0 Å². The minimum Gasteiger partial charge on any atom is -0.392 e. The number of benzene rings is 1. The monoisotopic (exact) mass is 444 g/mol. The normalized spacial score (nSPS) is 17.3. The molecule has 8 nitrogen and oxygen atoms in total. The lowest BCUT2D eigenvalue weighted by molar-refractivity contribution is 0.208. The Morgan fingerprint density at radius 3 is 2.65 bits per heavy atom. The van der Waals surface area contributed by atoms with Crippen LogP contribution in [0.2, 0.25) is 0 Å². The average Bonchev–Trinajstić information content (AvgIpc) is 3.25. The number of hydrogen-bond acceptors (Lipinski definition) is 6. The van der Waals surface area contributed by atoms with Crippen molar-refractivity contribution in [3.63, 3.8) is 0 Å². The van der Waals surface area contributed by atoms with Crippen LogP contribution in [0.1, 0.15) is 26.7 Å². The number of anilines is 1. The largest absolute Gasteiger partial charge is 0.392 e. The SMILES string of the molecule is C[C@H](O)CNc1nc2c(Br)cc(S(=O)(=O)NC3(C)CC3)cc2c(=O)n1C. The predicted molar refractivity (Wildman–Crippen MR) is 103 cm³/mol. The Morgan fingerprint density at radius 1 is 1.42 bits per heavy atom. The van der Waals surface area contributed by atoms with Gasteiger partial charge in [0.2, 0.25) is 16.0 Å². The summed E-state index contributed by atoms with van der Waals surface area (Å²) in [6.45, 7) is 3.70. The molecule has 1 aliphatic carbocycles. The number of nitrogens with one attached hydrogen (secondary N) is 2. The summed E-state index contributed by atoms with van der Waals surface area (Å²) in [5, 5.41) is 12.5. The third kappa shape index (κ3) is 3.78. The average molecular weight is 445 g/mol. The van der Waals surface area contributed by atoms with Gasteiger partial charge in [0.25, 0.3) is 5.56 Å². The Bertz CT molecular complexity index is 1030. The summed E-state index contributed by atoms with van der Waals surface area (Å²) in [5.74, 6) is 0.295. The predicted octanol–water partition coefficient (Wildman–Crippen LogP) is 1.32. The summed E-state index contributed by atoms with van der Waals surface area (Å²) in [6, 6.07) is 2.79. The summed E-state index contributed by atoms with van der Waals surface area (Å²) < 4.78 is 29.6. The first kappa shape index (κ1) is 19.3. The van der Waals surface area contributed by atoms with E-state index in [1.807, 2.05) is 6.92 Å². The van der Waals surface area contributed by atoms with Gasteiger partial charge < -0.3 is 10.4 Å². The number of hydrogen-bond donors (Lipinski definition) is 3. The molecule has 1 aliphatic rings. The van der Waals surface area contributed by atoms with Gasteiger partial charge in [-0.25, -0.2) is 18.1 Å². The maximum atomic E-state index is 12.7. The van der Waals surface area contributed by atoms with Crippen LogP contribution < -0.4 is 15.6 Å². The maximum absolute atomic E-state index is 12.7. The third-order valence-corrected chi connectivity index (χ3v) is 6.58. The van der Waals surface area contributed by atoms with E-state index >= 15 is 0 Å². The van der Waals surface area contributed by atoms with Crippen molar-refractivity contribution < 1.29 is 13.5 Å². The van der Waals surface area contributed by atoms with E-state index in [1.54, 1.807) is 6.92 Å². The summed E-state index contributed by atoms with van der Waals surface area (Å²) in [4.78, 5) is 17.1. The highest BCUT2D eigenvalue weighted by Gasteiger charge is 2.41. The van der Waals surface area contributed by atoms with Crippen LogP contribution in [0.4, 0.5) is 5.95 Å². The molecule has 1 aromatic carbocycles. The smallest absolute Gasteiger partial charge is 0.262 e. The van der Waals surface area contributed by atoms with Crippen molar-refractivity contribution in [2.45, 2.75) is 43.2 Å². The number of halogens is 1. The summed E-state index contributed by atoms with van der Waals surface area (Å²) in [5.41, 5.74) is -0.422. The van der Waals surface area contributed by atoms with Gasteiger partial charge in [-0.15, -0.1) is 0 Å². The van der Waals surface area contributed by atoms with Crippen molar-refractivity contribution in [3.8, 4) is 0 Å². The van der Waals surface area contributed by atoms with Crippen molar-refractivity contribution in [2.24, 2.45) is 7.05 Å². The van der Waals surface area contributed by atoms with Gasteiger partial charge in [0, 0.05) is 23.6 Å². The second kappa shape index (κ2) is 6.59. The first-order chi connectivity index (χ1) is 12.0. The zero-order valence-corrected chi connectivity index (χ0v) is 17.1. The minimum absolute atomic E-state index is 0.0218. The molecule has 0 unspecified atom stereocenters. The van der Waals surface area contributed by atoms with E-state index in [0.29, 0.717) is 15.9 Å². The highest BCUT2D eigenvalue weighted by atomic mass is 79.9. The van der Waals surface area contributed by atoms with Gasteiger partial charge in [-0.2, -0.15) is 0 Å². The quantitative estimate of drug-likeness (QED) is 0.618. The number of fused-ring (bicyclic) bond motifs is 1. The molecule has 1 atom stereocenters. The van der Waals surface area contributed by atoms with Crippen LogP contribution in [0.3, 0.4) is 0 Å². The first-order valence-electron chi connectivity index (χ1n) is 8.19. The molecule has 1 fully saturated rings. The third-order valence-electron chi connectivity index (χ3n) is 4.35. The van der Waals surface area contributed by atoms with E-state index in [0.717, 1.165) is 12.8 Å². The molecule has 3 rings (SSSR count). The molecular formula is C16H21BrN4O4S. The van der Waals surface area contributed by atoms with Crippen molar-refractivity contribution >= 4 is 42.8 Å². The summed E-state index contributed by atoms with van der Waals surface area (Å²) in [7, 11) is -2.20. The van der Waals surface area contributed by atoms with E-state index in [-0.39, 0.29) is 22.4 Å². The number of aliphatic hydroxyl groups excluding tert-OH is 1. The number of sulfonamides is 1. The summed E-state index contributed by atoms with van der Waals surface area (Å²) >= 11 is 3.33. The molecule has 0 bridgehead atoms. The van der Waals surface area contributed by atoms with E-state index in [2.05, 4.69) is 31.0 Å². The van der Waals surface area contributed by atoms with Gasteiger partial charge in [-0.05, 0) is 54.8 Å². The van der Waals surface area contributed by atoms with E-state index in [1.165, 1.54) is 23.7 Å². The van der Waals surface area contributed by atoms with Crippen LogP contribution in [0.25, 0.3) is 10.9 Å². The molecule has 10 heteroatoms. The van der Waals surface area contributed by atoms with Crippen LogP contribution in [0.5, 0.6) is 0 Å². The molecule has 1 aromatic heterocycles. The lowest BCUT2D eigenvalue weighted by atomic mass is 10.2. The molecule has 0 radical (unpaired) electrons. The van der Waals surface area contributed by atoms with Crippen LogP contribution in [-0.4, -0.2) is 41.3 Å². The van der Waals surface area contributed by atoms with E-state index in [9.17, 15) is 18.3 Å². The number of rotatable bonds is 6. The Kier molecular flexibility index (Phi) is 4.89. The molecule has 142 valence electrons. The van der Waals surface area contributed by atoms with Crippen molar-refractivity contribution in [3.05, 3.63) is 27.0 Å². The van der Waals surface area contributed by atoms with Crippen molar-refractivity contribution in [1.82, 2.24) is 14.3 Å². The fourth-order valence-electron chi connectivity index (χ4n) is 2.53. The molecule has 0 saturated heterocycles. The fourth-order valence-corrected chi connectivity index (χ4v) is 4.75. The van der Waals surface area contributed by atoms with Crippen LogP contribution in [0, 0.1) is 0 Å². The van der Waals surface area contributed by atoms with E-state index in [4.69, 9.17) is 0 Å². The molecule has 1 saturated carbocycles. The fraction of sp³-hybridized carbons (Fsp3) is 0.500. The Morgan fingerprint density at radius 2 is 2.08 bits per heavy atom. The lowest BCUT2D eigenvalue weighted by Gasteiger charge is -2.15. The standard InChI is InChI=1S/C16H21BrN4O4S/c1-9(22)8-18-15-19-13-11(14(23)21(15)3)6-10(7-12(13)17)26(24,25)20-16(2)4-5-16/h6-7,9,20,22H,4-5,8H2,1-3H3,(H,18,19)/t9-/m0/s1. The van der Waals surface area contributed by atoms with Crippen LogP contribution in [-0.2, 0) is 17.1 Å². The second-order valence-corrected chi connectivity index (χ2v) is 9.53. The molecule has 2 aromatic rings. The van der Waals surface area contributed by atoms with Gasteiger partial charge in [0.05, 0.1) is 21.9 Å². The number of aromatic nitrogens is 2. The summed E-state index contributed by atoms with van der Waals surface area (Å²) in [6.07, 6.45) is 0.985. The second-order valence-electron chi connectivity index (χ2n) is 7.00. The Labute approximate surface area is 159 Å². The number of aliphatic hydroxyl groups is 1. The highest BCUT2D eigenvalue weighted by Crippen LogP contribution is 2.36. The molecule has 0 amide bonds. The topological polar surface area (TPSA) is 113 Å². The van der Waals surface area contributed by atoms with Crippen molar-refractivity contribution in [1.29, 1.82) is 0 Å². The minimum atomic E-state index is -3.74. The Balaban J connectivity index is 2.10. The Hall–Kier alpha value is -1.49. The van der Waals surface area contributed by atoms with Crippen LogP contribution >= 0.6 is 15.9 Å². The molecule has 3 N–H and O–H groups in total.